The van der Waals surface area contributed by atoms with Crippen LogP contribution in [0, 0.1) is 5.41 Å². The number of hydrogen-bond acceptors (Lipinski definition) is 4. The smallest absolute Gasteiger partial charge is 0.230 e. The van der Waals surface area contributed by atoms with E-state index < -0.39 is 5.54 Å². The second-order valence-electron chi connectivity index (χ2n) is 6.18. The van der Waals surface area contributed by atoms with Gasteiger partial charge in [0, 0.05) is 32.6 Å². The molecule has 0 aromatic rings. The summed E-state index contributed by atoms with van der Waals surface area (Å²) in [5.74, 6) is -0.160. The summed E-state index contributed by atoms with van der Waals surface area (Å²) < 4.78 is 5.32. The molecule has 2 fully saturated rings. The summed E-state index contributed by atoms with van der Waals surface area (Å²) in [5.41, 5.74) is 5.12. The van der Waals surface area contributed by atoms with Crippen molar-refractivity contribution in [3.05, 3.63) is 0 Å². The van der Waals surface area contributed by atoms with Crippen molar-refractivity contribution in [2.45, 2.75) is 45.1 Å². The maximum absolute atomic E-state index is 12.3. The number of imide groups is 1. The van der Waals surface area contributed by atoms with Crippen molar-refractivity contribution in [3.8, 4) is 0 Å². The normalized spacial score (nSPS) is 27.4. The van der Waals surface area contributed by atoms with Gasteiger partial charge in [-0.3, -0.25) is 14.5 Å². The topological polar surface area (TPSA) is 72.6 Å². The fourth-order valence-electron chi connectivity index (χ4n) is 2.98. The third-order valence-corrected chi connectivity index (χ3v) is 4.04. The van der Waals surface area contributed by atoms with Gasteiger partial charge in [-0.25, -0.2) is 0 Å². The lowest BCUT2D eigenvalue weighted by Crippen LogP contribution is -2.63. The van der Waals surface area contributed by atoms with Gasteiger partial charge >= 0.3 is 0 Å². The molecule has 2 rings (SSSR count). The molecule has 5 heteroatoms. The Kier molecular flexibility index (Phi) is 3.47. The minimum Gasteiger partial charge on any atom is -0.381 e. The molecule has 0 atom stereocenters. The zero-order valence-corrected chi connectivity index (χ0v) is 11.2. The van der Waals surface area contributed by atoms with Gasteiger partial charge in [-0.1, -0.05) is 13.8 Å². The molecule has 0 saturated carbocycles. The first-order chi connectivity index (χ1) is 8.40. The average molecular weight is 254 g/mol. The van der Waals surface area contributed by atoms with Crippen molar-refractivity contribution in [2.75, 3.05) is 19.8 Å². The minimum absolute atomic E-state index is 0.0800. The first-order valence-electron chi connectivity index (χ1n) is 6.54. The van der Waals surface area contributed by atoms with Gasteiger partial charge in [-0.15, -0.1) is 0 Å². The average Bonchev–Trinajstić information content (AvgIpc) is 2.27. The van der Waals surface area contributed by atoms with Crippen molar-refractivity contribution < 1.29 is 14.3 Å². The van der Waals surface area contributed by atoms with Crippen molar-refractivity contribution in [2.24, 2.45) is 11.1 Å². The molecule has 2 saturated heterocycles. The van der Waals surface area contributed by atoms with Gasteiger partial charge in [0.05, 0.1) is 5.54 Å². The van der Waals surface area contributed by atoms with Crippen LogP contribution in [-0.2, 0) is 14.3 Å². The number of ether oxygens (including phenoxy) is 1. The fraction of sp³-hybridized carbons (Fsp3) is 0.846. The first kappa shape index (κ1) is 13.5. The second kappa shape index (κ2) is 4.63. The van der Waals surface area contributed by atoms with E-state index in [9.17, 15) is 9.59 Å². The third kappa shape index (κ3) is 2.29. The van der Waals surface area contributed by atoms with Crippen LogP contribution < -0.4 is 5.73 Å². The Hall–Kier alpha value is -0.940. The first-order valence-corrected chi connectivity index (χ1v) is 6.54. The molecule has 2 heterocycles. The molecule has 0 radical (unpaired) electrons. The van der Waals surface area contributed by atoms with E-state index in [-0.39, 0.29) is 17.2 Å². The van der Waals surface area contributed by atoms with Gasteiger partial charge < -0.3 is 10.5 Å². The van der Waals surface area contributed by atoms with Crippen LogP contribution in [0.3, 0.4) is 0 Å². The molecular weight excluding hydrogens is 232 g/mol. The van der Waals surface area contributed by atoms with Gasteiger partial charge in [-0.2, -0.15) is 0 Å². The Bertz CT molecular complexity index is 339. The third-order valence-electron chi connectivity index (χ3n) is 4.04. The molecule has 2 amide bonds. The summed E-state index contributed by atoms with van der Waals surface area (Å²) in [6.45, 7) is 5.38. The highest BCUT2D eigenvalue weighted by Gasteiger charge is 2.48. The molecule has 18 heavy (non-hydrogen) atoms. The number of carbonyl (C=O) groups is 2. The molecule has 2 aliphatic heterocycles. The van der Waals surface area contributed by atoms with E-state index >= 15 is 0 Å². The van der Waals surface area contributed by atoms with Crippen LogP contribution in [0.1, 0.15) is 39.5 Å². The lowest BCUT2D eigenvalue weighted by Gasteiger charge is -2.48. The Morgan fingerprint density at radius 3 is 2.11 bits per heavy atom. The van der Waals surface area contributed by atoms with Crippen molar-refractivity contribution in [3.63, 3.8) is 0 Å². The van der Waals surface area contributed by atoms with E-state index in [2.05, 4.69) is 0 Å². The van der Waals surface area contributed by atoms with Gasteiger partial charge in [0.25, 0.3) is 0 Å². The zero-order valence-electron chi connectivity index (χ0n) is 11.2. The zero-order chi connectivity index (χ0) is 13.4. The number of piperidine rings is 1. The number of hydrogen-bond donors (Lipinski definition) is 1. The lowest BCUT2D eigenvalue weighted by molar-refractivity contribution is -0.164. The van der Waals surface area contributed by atoms with Crippen molar-refractivity contribution >= 4 is 11.8 Å². The van der Waals surface area contributed by atoms with Gasteiger partial charge in [-0.05, 0) is 18.3 Å². The highest BCUT2D eigenvalue weighted by molar-refractivity contribution is 5.99. The molecule has 0 aromatic carbocycles. The number of likely N-dealkylation sites (tertiary alicyclic amines) is 1. The Morgan fingerprint density at radius 2 is 1.67 bits per heavy atom. The van der Waals surface area contributed by atoms with Gasteiger partial charge in [0.1, 0.15) is 0 Å². The number of nitrogens with zero attached hydrogens (tertiary/aromatic N) is 1. The Balaban J connectivity index is 2.25. The molecule has 2 N–H and O–H groups in total. The van der Waals surface area contributed by atoms with Crippen LogP contribution in [0.25, 0.3) is 0 Å². The number of carbonyl (C=O) groups excluding carboxylic acids is 2. The fourth-order valence-corrected chi connectivity index (χ4v) is 2.98. The molecule has 0 aromatic heterocycles. The van der Waals surface area contributed by atoms with E-state index in [1.165, 1.54) is 4.90 Å². The largest absolute Gasteiger partial charge is 0.381 e. The van der Waals surface area contributed by atoms with Gasteiger partial charge in [0.2, 0.25) is 11.8 Å². The van der Waals surface area contributed by atoms with E-state index in [4.69, 9.17) is 10.5 Å². The van der Waals surface area contributed by atoms with E-state index in [1.54, 1.807) is 0 Å². The van der Waals surface area contributed by atoms with E-state index in [1.807, 2.05) is 13.8 Å². The Labute approximate surface area is 108 Å². The minimum atomic E-state index is -0.511. The SMILES string of the molecule is CC1(C)CC(=O)N(C2(CN)CCOCC2)C(=O)C1. The summed E-state index contributed by atoms with van der Waals surface area (Å²) in [6, 6.07) is 0. The van der Waals surface area contributed by atoms with Crippen LogP contribution in [0.2, 0.25) is 0 Å². The highest BCUT2D eigenvalue weighted by atomic mass is 16.5. The molecular formula is C13H22N2O3. The summed E-state index contributed by atoms with van der Waals surface area (Å²) in [5, 5.41) is 0. The van der Waals surface area contributed by atoms with Crippen LogP contribution in [0.4, 0.5) is 0 Å². The number of nitrogens with two attached hydrogens (primary N) is 1. The second-order valence-corrected chi connectivity index (χ2v) is 6.18. The molecule has 2 aliphatic rings. The summed E-state index contributed by atoms with van der Waals surface area (Å²) in [6.07, 6.45) is 2.14. The highest BCUT2D eigenvalue weighted by Crippen LogP contribution is 2.37. The summed E-state index contributed by atoms with van der Waals surface area (Å²) in [7, 11) is 0. The van der Waals surface area contributed by atoms with Gasteiger partial charge in [0.15, 0.2) is 0 Å². The summed E-state index contributed by atoms with van der Waals surface area (Å²) in [4.78, 5) is 26.0. The molecule has 0 aliphatic carbocycles. The van der Waals surface area contributed by atoms with Crippen molar-refractivity contribution in [1.82, 2.24) is 4.90 Å². The molecule has 0 unspecified atom stereocenters. The summed E-state index contributed by atoms with van der Waals surface area (Å²) >= 11 is 0. The van der Waals surface area contributed by atoms with Crippen LogP contribution in [-0.4, -0.2) is 42.0 Å². The maximum Gasteiger partial charge on any atom is 0.230 e. The predicted molar refractivity (Wildman–Crippen MR) is 66.7 cm³/mol. The molecule has 0 spiro atoms. The van der Waals surface area contributed by atoms with Crippen molar-refractivity contribution in [1.29, 1.82) is 0 Å². The number of rotatable bonds is 2. The molecule has 5 nitrogen and oxygen atoms in total. The van der Waals surface area contributed by atoms with Crippen LogP contribution >= 0.6 is 0 Å². The maximum atomic E-state index is 12.3. The number of amides is 2. The van der Waals surface area contributed by atoms with Crippen LogP contribution in [0.15, 0.2) is 0 Å². The molecule has 102 valence electrons. The van der Waals surface area contributed by atoms with E-state index in [0.29, 0.717) is 45.4 Å². The lowest BCUT2D eigenvalue weighted by atomic mass is 9.78. The predicted octanol–water partition coefficient (Wildman–Crippen LogP) is 0.669. The quantitative estimate of drug-likeness (QED) is 0.735. The monoisotopic (exact) mass is 254 g/mol. The van der Waals surface area contributed by atoms with Crippen LogP contribution in [0.5, 0.6) is 0 Å². The Morgan fingerprint density at radius 1 is 1.17 bits per heavy atom. The standard InChI is InChI=1S/C13H22N2O3/c1-12(2)7-10(16)15(11(17)8-12)13(9-14)3-5-18-6-4-13/h3-9,14H2,1-2H3. The molecule has 0 bridgehead atoms. The van der Waals surface area contributed by atoms with E-state index in [0.717, 1.165) is 0 Å².